The van der Waals surface area contributed by atoms with Crippen LogP contribution in [0.5, 0.6) is 0 Å². The zero-order valence-electron chi connectivity index (χ0n) is 10.2. The molecule has 2 saturated carbocycles. The Morgan fingerprint density at radius 1 is 0.938 bits per heavy atom. The summed E-state index contributed by atoms with van der Waals surface area (Å²) < 4.78 is 26.3. The summed E-state index contributed by atoms with van der Waals surface area (Å²) in [6, 6.07) is 0.626. The van der Waals surface area contributed by atoms with Gasteiger partial charge in [0.2, 0.25) is 10.0 Å². The van der Waals surface area contributed by atoms with Gasteiger partial charge < -0.3 is 0 Å². The van der Waals surface area contributed by atoms with Crippen molar-refractivity contribution in [1.29, 1.82) is 0 Å². The second kappa shape index (κ2) is 5.05. The molecular weight excluding hydrogens is 222 g/mol. The first-order valence-electron chi connectivity index (χ1n) is 6.66. The van der Waals surface area contributed by atoms with E-state index in [0.717, 1.165) is 25.7 Å². The summed E-state index contributed by atoms with van der Waals surface area (Å²) in [7, 11) is -2.99. The molecule has 0 aromatic rings. The van der Waals surface area contributed by atoms with E-state index in [1.807, 2.05) is 4.31 Å². The number of sulfonamides is 1. The van der Waals surface area contributed by atoms with E-state index in [2.05, 4.69) is 0 Å². The van der Waals surface area contributed by atoms with E-state index in [4.69, 9.17) is 0 Å². The Hall–Kier alpha value is -0.0900. The topological polar surface area (TPSA) is 37.4 Å². The van der Waals surface area contributed by atoms with Gasteiger partial charge in [-0.1, -0.05) is 25.7 Å². The molecule has 0 radical (unpaired) electrons. The monoisotopic (exact) mass is 245 g/mol. The van der Waals surface area contributed by atoms with Crippen molar-refractivity contribution in [2.24, 2.45) is 0 Å². The molecule has 0 aromatic heterocycles. The molecule has 2 rings (SSSR count). The molecule has 0 heterocycles. The standard InChI is InChI=1S/C12H23NO2S/c1-2-16(14,15)13(11-7-3-4-8-11)12-9-5-6-10-12/h11-12H,2-10H2,1H3. The summed E-state index contributed by atoms with van der Waals surface area (Å²) in [5.74, 6) is 0.264. The molecule has 2 fully saturated rings. The summed E-state index contributed by atoms with van der Waals surface area (Å²) >= 11 is 0. The van der Waals surface area contributed by atoms with Gasteiger partial charge in [0.15, 0.2) is 0 Å². The molecule has 0 N–H and O–H groups in total. The van der Waals surface area contributed by atoms with Crippen molar-refractivity contribution < 1.29 is 8.42 Å². The summed E-state index contributed by atoms with van der Waals surface area (Å²) in [5, 5.41) is 0. The van der Waals surface area contributed by atoms with E-state index in [-0.39, 0.29) is 5.75 Å². The fourth-order valence-corrected chi connectivity index (χ4v) is 4.85. The predicted molar refractivity (Wildman–Crippen MR) is 65.8 cm³/mol. The minimum atomic E-state index is -2.99. The molecule has 0 amide bonds. The first-order valence-corrected chi connectivity index (χ1v) is 8.27. The van der Waals surface area contributed by atoms with Crippen LogP contribution in [0.1, 0.15) is 58.3 Å². The van der Waals surface area contributed by atoms with E-state index in [1.165, 1.54) is 25.7 Å². The van der Waals surface area contributed by atoms with E-state index in [0.29, 0.717) is 12.1 Å². The lowest BCUT2D eigenvalue weighted by molar-refractivity contribution is 0.252. The van der Waals surface area contributed by atoms with Crippen molar-refractivity contribution >= 4 is 10.0 Å². The first kappa shape index (κ1) is 12.4. The Kier molecular flexibility index (Phi) is 3.90. The van der Waals surface area contributed by atoms with Crippen LogP contribution in [0.15, 0.2) is 0 Å². The maximum Gasteiger partial charge on any atom is 0.214 e. The largest absolute Gasteiger partial charge is 0.214 e. The maximum absolute atomic E-state index is 12.2. The second-order valence-corrected chi connectivity index (χ2v) is 7.27. The predicted octanol–water partition coefficient (Wildman–Crippen LogP) is 2.52. The van der Waals surface area contributed by atoms with Crippen LogP contribution in [0.25, 0.3) is 0 Å². The summed E-state index contributed by atoms with van der Waals surface area (Å²) in [6.07, 6.45) is 9.12. The van der Waals surface area contributed by atoms with Crippen LogP contribution < -0.4 is 0 Å². The van der Waals surface area contributed by atoms with Crippen LogP contribution in [0.2, 0.25) is 0 Å². The fourth-order valence-electron chi connectivity index (χ4n) is 3.22. The zero-order valence-corrected chi connectivity index (χ0v) is 11.0. The molecule has 0 saturated heterocycles. The molecule has 2 aliphatic carbocycles. The molecule has 0 aromatic carbocycles. The van der Waals surface area contributed by atoms with Crippen LogP contribution >= 0.6 is 0 Å². The number of nitrogens with zero attached hydrogens (tertiary/aromatic N) is 1. The molecule has 94 valence electrons. The maximum atomic E-state index is 12.2. The van der Waals surface area contributed by atoms with E-state index in [9.17, 15) is 8.42 Å². The van der Waals surface area contributed by atoms with Crippen LogP contribution in [0.3, 0.4) is 0 Å². The third kappa shape index (κ3) is 2.43. The Balaban J connectivity index is 2.17. The van der Waals surface area contributed by atoms with Crippen molar-refractivity contribution in [2.45, 2.75) is 70.4 Å². The van der Waals surface area contributed by atoms with E-state index >= 15 is 0 Å². The van der Waals surface area contributed by atoms with Crippen LogP contribution in [-0.2, 0) is 10.0 Å². The Morgan fingerprint density at radius 3 is 1.62 bits per heavy atom. The van der Waals surface area contributed by atoms with Crippen LogP contribution in [0.4, 0.5) is 0 Å². The average molecular weight is 245 g/mol. The van der Waals surface area contributed by atoms with Gasteiger partial charge in [0, 0.05) is 12.1 Å². The van der Waals surface area contributed by atoms with Crippen molar-refractivity contribution in [3.05, 3.63) is 0 Å². The molecule has 0 atom stereocenters. The molecule has 2 aliphatic rings. The van der Waals surface area contributed by atoms with Gasteiger partial charge in [0.1, 0.15) is 0 Å². The number of rotatable bonds is 4. The lowest BCUT2D eigenvalue weighted by Gasteiger charge is -2.33. The molecule has 0 bridgehead atoms. The van der Waals surface area contributed by atoms with Gasteiger partial charge in [-0.15, -0.1) is 0 Å². The van der Waals surface area contributed by atoms with Gasteiger partial charge >= 0.3 is 0 Å². The van der Waals surface area contributed by atoms with Gasteiger partial charge in [0.05, 0.1) is 5.75 Å². The lowest BCUT2D eigenvalue weighted by atomic mass is 10.2. The molecule has 0 unspecified atom stereocenters. The van der Waals surface area contributed by atoms with Gasteiger partial charge in [-0.3, -0.25) is 0 Å². The number of hydrogen-bond acceptors (Lipinski definition) is 2. The third-order valence-corrected chi connectivity index (χ3v) is 6.02. The average Bonchev–Trinajstić information content (AvgIpc) is 2.90. The first-order chi connectivity index (χ1) is 7.65. The zero-order chi connectivity index (χ0) is 11.6. The second-order valence-electron chi connectivity index (χ2n) is 5.11. The molecule has 0 aliphatic heterocycles. The summed E-state index contributed by atoms with van der Waals surface area (Å²) in [5.41, 5.74) is 0. The Morgan fingerprint density at radius 2 is 1.31 bits per heavy atom. The minimum absolute atomic E-state index is 0.264. The Bertz CT molecular complexity index is 298. The third-order valence-electron chi connectivity index (χ3n) is 4.06. The van der Waals surface area contributed by atoms with Crippen LogP contribution in [-0.4, -0.2) is 30.6 Å². The number of hydrogen-bond donors (Lipinski definition) is 0. The van der Waals surface area contributed by atoms with Crippen molar-refractivity contribution in [3.63, 3.8) is 0 Å². The smallest absolute Gasteiger partial charge is 0.212 e. The quantitative estimate of drug-likeness (QED) is 0.763. The fraction of sp³-hybridized carbons (Fsp3) is 1.00. The van der Waals surface area contributed by atoms with Gasteiger partial charge in [0.25, 0.3) is 0 Å². The summed E-state index contributed by atoms with van der Waals surface area (Å²) in [6.45, 7) is 1.77. The molecule has 4 heteroatoms. The molecule has 3 nitrogen and oxygen atoms in total. The van der Waals surface area contributed by atoms with Crippen LogP contribution in [0, 0.1) is 0 Å². The minimum Gasteiger partial charge on any atom is -0.212 e. The molecule has 16 heavy (non-hydrogen) atoms. The highest BCUT2D eigenvalue weighted by Crippen LogP contribution is 2.33. The molecular formula is C12H23NO2S. The van der Waals surface area contributed by atoms with E-state index < -0.39 is 10.0 Å². The van der Waals surface area contributed by atoms with Crippen molar-refractivity contribution in [1.82, 2.24) is 4.31 Å². The highest BCUT2D eigenvalue weighted by molar-refractivity contribution is 7.89. The van der Waals surface area contributed by atoms with Crippen molar-refractivity contribution in [2.75, 3.05) is 5.75 Å². The molecule has 0 spiro atoms. The van der Waals surface area contributed by atoms with E-state index in [1.54, 1.807) is 6.92 Å². The SMILES string of the molecule is CCS(=O)(=O)N(C1CCCC1)C1CCCC1. The lowest BCUT2D eigenvalue weighted by Crippen LogP contribution is -2.45. The normalized spacial score (nSPS) is 24.6. The Labute approximate surface area is 99.3 Å². The summed E-state index contributed by atoms with van der Waals surface area (Å²) in [4.78, 5) is 0. The van der Waals surface area contributed by atoms with Crippen molar-refractivity contribution in [3.8, 4) is 0 Å². The highest BCUT2D eigenvalue weighted by Gasteiger charge is 2.37. The van der Waals surface area contributed by atoms with Gasteiger partial charge in [-0.05, 0) is 32.6 Å². The van der Waals surface area contributed by atoms with Gasteiger partial charge in [-0.25, -0.2) is 8.42 Å². The van der Waals surface area contributed by atoms with Gasteiger partial charge in [-0.2, -0.15) is 4.31 Å². The highest BCUT2D eigenvalue weighted by atomic mass is 32.2.